The minimum Gasteiger partial charge on any atom is -0.480 e. The van der Waals surface area contributed by atoms with Crippen molar-refractivity contribution in [3.05, 3.63) is 59.7 Å². The number of amides is 2. The van der Waals surface area contributed by atoms with Crippen molar-refractivity contribution in [2.24, 2.45) is 5.92 Å². The van der Waals surface area contributed by atoms with Crippen molar-refractivity contribution in [2.75, 3.05) is 18.4 Å². The second-order valence-corrected chi connectivity index (χ2v) is 6.86. The number of hydrogen-bond acceptors (Lipinski definition) is 4. The Morgan fingerprint density at radius 1 is 1.29 bits per heavy atom. The van der Waals surface area contributed by atoms with Gasteiger partial charge in [0, 0.05) is 30.8 Å². The summed E-state index contributed by atoms with van der Waals surface area (Å²) in [4.78, 5) is 27.0. The zero-order chi connectivity index (χ0) is 20.1. The minimum atomic E-state index is -0.583. The van der Waals surface area contributed by atoms with Crippen LogP contribution in [0.2, 0.25) is 0 Å². The number of nitrogens with zero attached hydrogens (tertiary/aromatic N) is 2. The molecule has 0 saturated heterocycles. The number of para-hydroxylation sites is 1. The van der Waals surface area contributed by atoms with Crippen molar-refractivity contribution in [1.82, 2.24) is 4.90 Å². The lowest BCUT2D eigenvalue weighted by atomic mass is 10.1. The van der Waals surface area contributed by atoms with E-state index in [1.54, 1.807) is 36.1 Å². The summed E-state index contributed by atoms with van der Waals surface area (Å²) < 4.78 is 5.71. The Hall–Kier alpha value is -3.33. The van der Waals surface area contributed by atoms with Gasteiger partial charge in [-0.2, -0.15) is 5.26 Å². The number of ether oxygens (including phenoxy) is 1. The highest BCUT2D eigenvalue weighted by atomic mass is 16.5. The number of nitrogens with one attached hydrogen (secondary N) is 1. The maximum Gasteiger partial charge on any atom is 0.265 e. The molecule has 0 spiro atoms. The summed E-state index contributed by atoms with van der Waals surface area (Å²) >= 11 is 0. The number of hydrogen-bond donors (Lipinski definition) is 1. The van der Waals surface area contributed by atoms with Gasteiger partial charge in [0.15, 0.2) is 6.10 Å². The first-order valence-corrected chi connectivity index (χ1v) is 9.36. The van der Waals surface area contributed by atoms with Crippen molar-refractivity contribution >= 4 is 17.5 Å². The highest BCUT2D eigenvalue weighted by Crippen LogP contribution is 2.28. The molecule has 2 amide bonds. The van der Waals surface area contributed by atoms with Gasteiger partial charge in [-0.25, -0.2) is 0 Å². The van der Waals surface area contributed by atoms with Gasteiger partial charge in [0.1, 0.15) is 5.75 Å². The Kier molecular flexibility index (Phi) is 5.95. The third kappa shape index (κ3) is 4.32. The van der Waals surface area contributed by atoms with Gasteiger partial charge in [-0.15, -0.1) is 0 Å². The van der Waals surface area contributed by atoms with E-state index in [0.29, 0.717) is 30.8 Å². The maximum absolute atomic E-state index is 12.7. The van der Waals surface area contributed by atoms with Gasteiger partial charge < -0.3 is 15.0 Å². The first kappa shape index (κ1) is 19.4. The van der Waals surface area contributed by atoms with Gasteiger partial charge in [-0.1, -0.05) is 24.3 Å². The van der Waals surface area contributed by atoms with Crippen LogP contribution < -0.4 is 10.1 Å². The summed E-state index contributed by atoms with van der Waals surface area (Å²) in [7, 11) is 0. The molecule has 0 aromatic heterocycles. The molecule has 0 bridgehead atoms. The molecule has 0 radical (unpaired) electrons. The Bertz CT molecular complexity index is 894. The molecule has 0 aliphatic carbocycles. The molecular weight excluding hydrogens is 354 g/mol. The standard InChI is InChI=1S/C22H23N3O3/c1-3-25(14-15(2)13-23)22(27)17-8-6-9-18(11-17)24-21(26)20-12-16-7-4-5-10-19(16)28-20/h4-11,15,20H,3,12,14H2,1-2H3,(H,24,26). The quantitative estimate of drug-likeness (QED) is 0.838. The van der Waals surface area contributed by atoms with E-state index in [0.717, 1.165) is 11.3 Å². The summed E-state index contributed by atoms with van der Waals surface area (Å²) in [6.45, 7) is 4.54. The molecule has 0 fully saturated rings. The van der Waals surface area contributed by atoms with Gasteiger partial charge in [0.05, 0.1) is 12.0 Å². The molecule has 0 saturated carbocycles. The average molecular weight is 377 g/mol. The summed E-state index contributed by atoms with van der Waals surface area (Å²) in [5, 5.41) is 11.8. The van der Waals surface area contributed by atoms with Crippen LogP contribution in [-0.4, -0.2) is 35.9 Å². The Labute approximate surface area is 164 Å². The second-order valence-electron chi connectivity index (χ2n) is 6.86. The van der Waals surface area contributed by atoms with Gasteiger partial charge in [0.25, 0.3) is 11.8 Å². The first-order valence-electron chi connectivity index (χ1n) is 9.36. The van der Waals surface area contributed by atoms with E-state index in [2.05, 4.69) is 11.4 Å². The zero-order valence-corrected chi connectivity index (χ0v) is 16.0. The third-order valence-electron chi connectivity index (χ3n) is 4.70. The Morgan fingerprint density at radius 3 is 2.79 bits per heavy atom. The van der Waals surface area contributed by atoms with E-state index in [1.807, 2.05) is 31.2 Å². The number of nitriles is 1. The fourth-order valence-corrected chi connectivity index (χ4v) is 3.19. The van der Waals surface area contributed by atoms with Crippen LogP contribution in [0.5, 0.6) is 5.75 Å². The zero-order valence-electron chi connectivity index (χ0n) is 16.0. The van der Waals surface area contributed by atoms with Crippen molar-refractivity contribution in [2.45, 2.75) is 26.4 Å². The Morgan fingerprint density at radius 2 is 2.07 bits per heavy atom. The summed E-state index contributed by atoms with van der Waals surface area (Å²) in [6.07, 6.45) is -0.0589. The lowest BCUT2D eigenvalue weighted by Crippen LogP contribution is -2.34. The van der Waals surface area contributed by atoms with Crippen LogP contribution in [0.25, 0.3) is 0 Å². The van der Waals surface area contributed by atoms with Crippen molar-refractivity contribution in [3.63, 3.8) is 0 Å². The molecular formula is C22H23N3O3. The molecule has 1 aliphatic rings. The van der Waals surface area contributed by atoms with Crippen LogP contribution >= 0.6 is 0 Å². The number of fused-ring (bicyclic) bond motifs is 1. The van der Waals surface area contributed by atoms with E-state index in [4.69, 9.17) is 10.00 Å². The normalized spacial score (nSPS) is 15.7. The number of rotatable bonds is 6. The SMILES string of the molecule is CCN(CC(C)C#N)C(=O)c1cccc(NC(=O)C2Cc3ccccc3O2)c1. The molecule has 2 aromatic rings. The van der Waals surface area contributed by atoms with E-state index in [-0.39, 0.29) is 17.7 Å². The molecule has 1 N–H and O–H groups in total. The van der Waals surface area contributed by atoms with Gasteiger partial charge >= 0.3 is 0 Å². The summed E-state index contributed by atoms with van der Waals surface area (Å²) in [6, 6.07) is 16.6. The highest BCUT2D eigenvalue weighted by Gasteiger charge is 2.29. The minimum absolute atomic E-state index is 0.162. The molecule has 3 rings (SSSR count). The molecule has 6 heteroatoms. The number of anilines is 1. The molecule has 1 heterocycles. The molecule has 1 aliphatic heterocycles. The van der Waals surface area contributed by atoms with Crippen LogP contribution in [0.1, 0.15) is 29.8 Å². The number of benzene rings is 2. The predicted molar refractivity (Wildman–Crippen MR) is 106 cm³/mol. The van der Waals surface area contributed by atoms with E-state index in [1.165, 1.54) is 0 Å². The molecule has 2 atom stereocenters. The van der Waals surface area contributed by atoms with E-state index >= 15 is 0 Å². The predicted octanol–water partition coefficient (Wildman–Crippen LogP) is 3.25. The second kappa shape index (κ2) is 8.57. The lowest BCUT2D eigenvalue weighted by molar-refractivity contribution is -0.122. The van der Waals surface area contributed by atoms with Crippen LogP contribution in [-0.2, 0) is 11.2 Å². The van der Waals surface area contributed by atoms with Gasteiger partial charge in [-0.3, -0.25) is 9.59 Å². The molecule has 2 aromatic carbocycles. The maximum atomic E-state index is 12.7. The van der Waals surface area contributed by atoms with E-state index < -0.39 is 6.10 Å². The first-order chi connectivity index (χ1) is 13.5. The fourth-order valence-electron chi connectivity index (χ4n) is 3.19. The van der Waals surface area contributed by atoms with Gasteiger partial charge in [-0.05, 0) is 43.7 Å². The van der Waals surface area contributed by atoms with Crippen LogP contribution in [0.15, 0.2) is 48.5 Å². The van der Waals surface area contributed by atoms with Crippen LogP contribution in [0.3, 0.4) is 0 Å². The highest BCUT2D eigenvalue weighted by molar-refractivity contribution is 5.98. The van der Waals surface area contributed by atoms with Gasteiger partial charge in [0.2, 0.25) is 0 Å². The number of carbonyl (C=O) groups excluding carboxylic acids is 2. The number of carbonyl (C=O) groups is 2. The summed E-state index contributed by atoms with van der Waals surface area (Å²) in [5.41, 5.74) is 2.02. The average Bonchev–Trinajstić information content (AvgIpc) is 3.16. The molecule has 144 valence electrons. The molecule has 6 nitrogen and oxygen atoms in total. The van der Waals surface area contributed by atoms with E-state index in [9.17, 15) is 9.59 Å². The Balaban J connectivity index is 1.67. The summed E-state index contributed by atoms with van der Waals surface area (Å²) in [5.74, 6) is 0.0844. The van der Waals surface area contributed by atoms with Crippen LogP contribution in [0.4, 0.5) is 5.69 Å². The lowest BCUT2D eigenvalue weighted by Gasteiger charge is -2.22. The third-order valence-corrected chi connectivity index (χ3v) is 4.70. The van der Waals surface area contributed by atoms with Crippen molar-refractivity contribution in [1.29, 1.82) is 5.26 Å². The van der Waals surface area contributed by atoms with Crippen molar-refractivity contribution < 1.29 is 14.3 Å². The molecule has 28 heavy (non-hydrogen) atoms. The largest absolute Gasteiger partial charge is 0.480 e. The molecule has 2 unspecified atom stereocenters. The fraction of sp³-hybridized carbons (Fsp3) is 0.318. The van der Waals surface area contributed by atoms with Crippen molar-refractivity contribution in [3.8, 4) is 11.8 Å². The smallest absolute Gasteiger partial charge is 0.265 e. The topological polar surface area (TPSA) is 82.4 Å². The van der Waals surface area contributed by atoms with Crippen LogP contribution in [0, 0.1) is 17.2 Å². The monoisotopic (exact) mass is 377 g/mol.